The lowest BCUT2D eigenvalue weighted by molar-refractivity contribution is -0.139. The summed E-state index contributed by atoms with van der Waals surface area (Å²) in [6.07, 6.45) is 6.14. The van der Waals surface area contributed by atoms with E-state index < -0.39 is 18.1 Å². The van der Waals surface area contributed by atoms with Gasteiger partial charge in [-0.3, -0.25) is 15.1 Å². The summed E-state index contributed by atoms with van der Waals surface area (Å²) in [6.45, 7) is 3.95. The number of carboxylic acids is 1. The van der Waals surface area contributed by atoms with Crippen molar-refractivity contribution in [1.82, 2.24) is 15.3 Å². The Bertz CT molecular complexity index is 669. The molecule has 0 saturated heterocycles. The zero-order chi connectivity index (χ0) is 17.5. The predicted octanol–water partition coefficient (Wildman–Crippen LogP) is 1.94. The minimum atomic E-state index is -1.05. The number of rotatable bonds is 9. The van der Waals surface area contributed by atoms with E-state index in [1.54, 1.807) is 24.5 Å². The summed E-state index contributed by atoms with van der Waals surface area (Å²) in [5.41, 5.74) is 1.45. The van der Waals surface area contributed by atoms with Crippen molar-refractivity contribution in [3.63, 3.8) is 0 Å². The van der Waals surface area contributed by atoms with Crippen LogP contribution in [0.15, 0.2) is 35.2 Å². The summed E-state index contributed by atoms with van der Waals surface area (Å²) in [5.74, 6) is -0.465. The van der Waals surface area contributed by atoms with Gasteiger partial charge < -0.3 is 14.3 Å². The maximum atomic E-state index is 11.5. The molecule has 0 aliphatic heterocycles. The number of hydrogen-bond donors (Lipinski definition) is 2. The highest BCUT2D eigenvalue weighted by atomic mass is 16.4. The Morgan fingerprint density at radius 1 is 1.38 bits per heavy atom. The number of hydrogen-bond acceptors (Lipinski definition) is 6. The molecule has 0 aliphatic rings. The van der Waals surface area contributed by atoms with Crippen LogP contribution >= 0.6 is 0 Å². The third-order valence-electron chi connectivity index (χ3n) is 3.51. The van der Waals surface area contributed by atoms with Gasteiger partial charge in [-0.15, -0.1) is 0 Å². The average Bonchev–Trinajstić information content (AvgIpc) is 3.02. The van der Waals surface area contributed by atoms with Crippen LogP contribution in [0.4, 0.5) is 0 Å². The van der Waals surface area contributed by atoms with Crippen LogP contribution in [-0.2, 0) is 16.0 Å². The number of aliphatic carboxylic acids is 1. The van der Waals surface area contributed by atoms with Crippen LogP contribution in [-0.4, -0.2) is 39.4 Å². The van der Waals surface area contributed by atoms with E-state index in [0.717, 1.165) is 11.8 Å². The van der Waals surface area contributed by atoms with Gasteiger partial charge in [-0.05, 0) is 24.5 Å². The molecule has 2 heterocycles. The number of oxazole rings is 1. The van der Waals surface area contributed by atoms with Crippen LogP contribution in [0.5, 0.6) is 0 Å². The van der Waals surface area contributed by atoms with Crippen molar-refractivity contribution in [2.75, 3.05) is 0 Å². The van der Waals surface area contributed by atoms with Crippen molar-refractivity contribution >= 4 is 12.3 Å². The van der Waals surface area contributed by atoms with Crippen LogP contribution < -0.4 is 5.32 Å². The molecule has 0 bridgehead atoms. The number of nitrogens with one attached hydrogen (secondary N) is 1. The zero-order valence-corrected chi connectivity index (χ0v) is 13.7. The fourth-order valence-corrected chi connectivity index (χ4v) is 2.38. The number of nitrogens with zero attached hydrogens (tertiary/aromatic N) is 2. The lowest BCUT2D eigenvalue weighted by atomic mass is 10.0. The van der Waals surface area contributed by atoms with Gasteiger partial charge in [-0.25, -0.2) is 4.98 Å². The molecule has 0 fully saturated rings. The first-order chi connectivity index (χ1) is 11.5. The van der Waals surface area contributed by atoms with Crippen molar-refractivity contribution in [2.45, 2.75) is 38.8 Å². The summed E-state index contributed by atoms with van der Waals surface area (Å²) in [4.78, 5) is 30.8. The van der Waals surface area contributed by atoms with E-state index in [2.05, 4.69) is 15.3 Å². The smallest absolute Gasteiger partial charge is 0.321 e. The first-order valence-corrected chi connectivity index (χ1v) is 7.78. The van der Waals surface area contributed by atoms with Crippen LogP contribution in [0.2, 0.25) is 0 Å². The SMILES string of the molecule is CC(C)C[C@@H](C=O)N[C@@H](Cc1nc(-c2ccncc2)co1)C(=O)O. The summed E-state index contributed by atoms with van der Waals surface area (Å²) in [5, 5.41) is 12.2. The molecule has 2 rings (SSSR count). The van der Waals surface area contributed by atoms with Crippen LogP contribution in [0.25, 0.3) is 11.3 Å². The Kier molecular flexibility index (Phi) is 6.20. The van der Waals surface area contributed by atoms with Gasteiger partial charge in [-0.2, -0.15) is 0 Å². The standard InChI is InChI=1S/C17H21N3O4/c1-11(2)7-13(9-21)19-14(17(22)23)8-16-20-15(10-24-16)12-3-5-18-6-4-12/h3-6,9-11,13-14,19H,7-8H2,1-2H3,(H,22,23)/t13-,14-/m0/s1. The maximum Gasteiger partial charge on any atom is 0.321 e. The predicted molar refractivity (Wildman–Crippen MR) is 87.3 cm³/mol. The first-order valence-electron chi connectivity index (χ1n) is 7.78. The van der Waals surface area contributed by atoms with Crippen molar-refractivity contribution in [2.24, 2.45) is 5.92 Å². The topological polar surface area (TPSA) is 105 Å². The number of carboxylic acid groups (broad SMARTS) is 1. The second kappa shape index (κ2) is 8.35. The van der Waals surface area contributed by atoms with Gasteiger partial charge in [0.25, 0.3) is 0 Å². The zero-order valence-electron chi connectivity index (χ0n) is 13.7. The molecule has 0 aliphatic carbocycles. The number of carbonyl (C=O) groups is 2. The fourth-order valence-electron chi connectivity index (χ4n) is 2.38. The highest BCUT2D eigenvalue weighted by Crippen LogP contribution is 2.18. The number of aldehydes is 1. The van der Waals surface area contributed by atoms with Crippen molar-refractivity contribution in [3.05, 3.63) is 36.7 Å². The fraction of sp³-hybridized carbons (Fsp3) is 0.412. The third-order valence-corrected chi connectivity index (χ3v) is 3.51. The van der Waals surface area contributed by atoms with Gasteiger partial charge in [0.2, 0.25) is 0 Å². The van der Waals surface area contributed by atoms with Crippen LogP contribution in [0, 0.1) is 5.92 Å². The molecule has 7 heteroatoms. The molecule has 0 amide bonds. The second-order valence-corrected chi connectivity index (χ2v) is 6.00. The molecule has 2 aromatic heterocycles. The van der Waals surface area contributed by atoms with Crippen molar-refractivity contribution in [1.29, 1.82) is 0 Å². The molecule has 7 nitrogen and oxygen atoms in total. The Labute approximate surface area is 140 Å². The quantitative estimate of drug-likeness (QED) is 0.676. The van der Waals surface area contributed by atoms with Crippen molar-refractivity contribution < 1.29 is 19.1 Å². The Morgan fingerprint density at radius 2 is 2.08 bits per heavy atom. The van der Waals surface area contributed by atoms with Gasteiger partial charge in [-0.1, -0.05) is 13.8 Å². The van der Waals surface area contributed by atoms with E-state index in [-0.39, 0.29) is 12.3 Å². The number of carbonyl (C=O) groups excluding carboxylic acids is 1. The van der Waals surface area contributed by atoms with E-state index in [1.807, 2.05) is 13.8 Å². The molecule has 2 atom stereocenters. The van der Waals surface area contributed by atoms with E-state index in [0.29, 0.717) is 18.0 Å². The number of pyridine rings is 1. The summed E-state index contributed by atoms with van der Waals surface area (Å²) < 4.78 is 5.37. The van der Waals surface area contributed by atoms with Crippen LogP contribution in [0.3, 0.4) is 0 Å². The van der Waals surface area contributed by atoms with Gasteiger partial charge in [0.15, 0.2) is 5.89 Å². The lowest BCUT2D eigenvalue weighted by Gasteiger charge is -2.19. The average molecular weight is 331 g/mol. The van der Waals surface area contributed by atoms with E-state index in [4.69, 9.17) is 4.42 Å². The molecule has 0 saturated carbocycles. The van der Waals surface area contributed by atoms with E-state index in [9.17, 15) is 14.7 Å². The van der Waals surface area contributed by atoms with Gasteiger partial charge in [0, 0.05) is 18.0 Å². The highest BCUT2D eigenvalue weighted by Gasteiger charge is 2.24. The highest BCUT2D eigenvalue weighted by molar-refractivity contribution is 5.74. The second-order valence-electron chi connectivity index (χ2n) is 6.00. The molecule has 2 N–H and O–H groups in total. The molecule has 128 valence electrons. The van der Waals surface area contributed by atoms with Crippen molar-refractivity contribution in [3.8, 4) is 11.3 Å². The van der Waals surface area contributed by atoms with Crippen LogP contribution in [0.1, 0.15) is 26.2 Å². The monoisotopic (exact) mass is 331 g/mol. The summed E-state index contributed by atoms with van der Waals surface area (Å²) >= 11 is 0. The summed E-state index contributed by atoms with van der Waals surface area (Å²) in [6, 6.07) is 2.13. The lowest BCUT2D eigenvalue weighted by Crippen LogP contribution is -2.46. The molecule has 0 radical (unpaired) electrons. The Balaban J connectivity index is 2.07. The van der Waals surface area contributed by atoms with E-state index in [1.165, 1.54) is 6.26 Å². The Hall–Kier alpha value is -2.54. The largest absolute Gasteiger partial charge is 0.480 e. The molecule has 0 spiro atoms. The maximum absolute atomic E-state index is 11.5. The molecule has 0 unspecified atom stereocenters. The first kappa shape index (κ1) is 17.8. The minimum absolute atomic E-state index is 0.0584. The minimum Gasteiger partial charge on any atom is -0.480 e. The molecular formula is C17H21N3O4. The Morgan fingerprint density at radius 3 is 2.67 bits per heavy atom. The van der Waals surface area contributed by atoms with Gasteiger partial charge in [0.05, 0.1) is 12.5 Å². The van der Waals surface area contributed by atoms with Gasteiger partial charge >= 0.3 is 5.97 Å². The summed E-state index contributed by atoms with van der Waals surface area (Å²) in [7, 11) is 0. The molecule has 24 heavy (non-hydrogen) atoms. The van der Waals surface area contributed by atoms with E-state index >= 15 is 0 Å². The van der Waals surface area contributed by atoms with Gasteiger partial charge in [0.1, 0.15) is 24.3 Å². The normalized spacial score (nSPS) is 13.6. The number of aromatic nitrogens is 2. The molecular weight excluding hydrogens is 310 g/mol. The molecule has 0 aromatic carbocycles. The third kappa shape index (κ3) is 4.99. The molecule has 2 aromatic rings.